The number of aromatic carboxylic acids is 1. The van der Waals surface area contributed by atoms with E-state index in [-0.39, 0.29) is 16.8 Å². The number of carboxylic acids is 1. The Hall–Kier alpha value is -1.95. The highest BCUT2D eigenvalue weighted by Crippen LogP contribution is 2.24. The van der Waals surface area contributed by atoms with Gasteiger partial charge in [0.2, 0.25) is 0 Å². The minimum Gasteiger partial charge on any atom is -0.477 e. The number of aromatic amines is 1. The minimum atomic E-state index is -1.32. The largest absolute Gasteiger partial charge is 0.477 e. The number of carbonyl (C=O) groups is 1. The van der Waals surface area contributed by atoms with Crippen LogP contribution in [0.5, 0.6) is 0 Å². The maximum atomic E-state index is 13.6. The molecule has 0 bridgehead atoms. The van der Waals surface area contributed by atoms with Gasteiger partial charge in [0, 0.05) is 10.0 Å². The van der Waals surface area contributed by atoms with Crippen molar-refractivity contribution in [2.75, 3.05) is 0 Å². The van der Waals surface area contributed by atoms with Crippen molar-refractivity contribution in [2.45, 2.75) is 0 Å². The lowest BCUT2D eigenvalue weighted by Crippen LogP contribution is -2.17. The summed E-state index contributed by atoms with van der Waals surface area (Å²) in [5, 5.41) is 8.72. The summed E-state index contributed by atoms with van der Waals surface area (Å²) in [6, 6.07) is 6.79. The van der Waals surface area contributed by atoms with E-state index in [9.17, 15) is 14.0 Å². The molecule has 1 aromatic heterocycles. The lowest BCUT2D eigenvalue weighted by molar-refractivity contribution is 0.0695. The number of nitrogens with one attached hydrogen (secondary N) is 1. The van der Waals surface area contributed by atoms with Crippen LogP contribution in [-0.4, -0.2) is 16.1 Å². The predicted molar refractivity (Wildman–Crippen MR) is 67.1 cm³/mol. The van der Waals surface area contributed by atoms with Crippen LogP contribution in [0.15, 0.2) is 39.6 Å². The number of pyridine rings is 1. The van der Waals surface area contributed by atoms with E-state index in [0.717, 1.165) is 6.07 Å². The van der Waals surface area contributed by atoms with Gasteiger partial charge in [0.15, 0.2) is 0 Å². The number of halogens is 2. The summed E-state index contributed by atoms with van der Waals surface area (Å²) in [6.45, 7) is 0. The van der Waals surface area contributed by atoms with Gasteiger partial charge < -0.3 is 10.1 Å². The van der Waals surface area contributed by atoms with Crippen molar-refractivity contribution in [3.63, 3.8) is 0 Å². The Morgan fingerprint density at radius 1 is 1.28 bits per heavy atom. The molecular formula is C12H7BrFNO3. The Morgan fingerprint density at radius 2 is 2.00 bits per heavy atom. The van der Waals surface area contributed by atoms with Gasteiger partial charge >= 0.3 is 5.97 Å². The molecule has 0 aliphatic carbocycles. The van der Waals surface area contributed by atoms with E-state index in [0.29, 0.717) is 4.47 Å². The number of carboxylic acid groups (broad SMARTS) is 1. The number of aromatic nitrogens is 1. The van der Waals surface area contributed by atoms with Gasteiger partial charge in [0.05, 0.1) is 5.69 Å². The van der Waals surface area contributed by atoms with Crippen LogP contribution in [-0.2, 0) is 0 Å². The van der Waals surface area contributed by atoms with Gasteiger partial charge in [-0.05, 0) is 30.3 Å². The Morgan fingerprint density at radius 3 is 2.61 bits per heavy atom. The lowest BCUT2D eigenvalue weighted by Gasteiger charge is -2.04. The highest BCUT2D eigenvalue weighted by atomic mass is 79.9. The maximum absolute atomic E-state index is 13.6. The van der Waals surface area contributed by atoms with Crippen LogP contribution in [0, 0.1) is 5.82 Å². The summed E-state index contributed by atoms with van der Waals surface area (Å²) in [5.41, 5.74) is -0.726. The molecule has 0 atom stereocenters. The molecule has 0 amide bonds. The van der Waals surface area contributed by atoms with Crippen molar-refractivity contribution < 1.29 is 14.3 Å². The molecule has 2 aromatic rings. The second-order valence-electron chi connectivity index (χ2n) is 3.54. The highest BCUT2D eigenvalue weighted by Gasteiger charge is 2.11. The average molecular weight is 312 g/mol. The van der Waals surface area contributed by atoms with Crippen LogP contribution in [0.2, 0.25) is 0 Å². The van der Waals surface area contributed by atoms with Crippen LogP contribution in [0.1, 0.15) is 10.4 Å². The molecule has 18 heavy (non-hydrogen) atoms. The van der Waals surface area contributed by atoms with Crippen LogP contribution in [0.3, 0.4) is 0 Å². The Kier molecular flexibility index (Phi) is 3.29. The molecule has 0 unspecified atom stereocenters. The summed E-state index contributed by atoms with van der Waals surface area (Å²) in [6.07, 6.45) is 0. The van der Waals surface area contributed by atoms with Crippen molar-refractivity contribution in [3.8, 4) is 11.3 Å². The molecule has 0 aliphatic rings. The van der Waals surface area contributed by atoms with Gasteiger partial charge in [0.25, 0.3) is 5.56 Å². The molecule has 0 aliphatic heterocycles. The topological polar surface area (TPSA) is 70.2 Å². The van der Waals surface area contributed by atoms with E-state index in [4.69, 9.17) is 5.11 Å². The molecule has 2 rings (SSSR count). The maximum Gasteiger partial charge on any atom is 0.341 e. The number of hydrogen-bond acceptors (Lipinski definition) is 2. The third-order valence-corrected chi connectivity index (χ3v) is 2.85. The zero-order valence-electron chi connectivity index (χ0n) is 8.91. The molecule has 92 valence electrons. The summed E-state index contributed by atoms with van der Waals surface area (Å²) >= 11 is 3.20. The van der Waals surface area contributed by atoms with Gasteiger partial charge in [-0.15, -0.1) is 0 Å². The summed E-state index contributed by atoms with van der Waals surface area (Å²) < 4.78 is 14.2. The van der Waals surface area contributed by atoms with Gasteiger partial charge in [-0.2, -0.15) is 0 Å². The van der Waals surface area contributed by atoms with Crippen molar-refractivity contribution in [1.29, 1.82) is 0 Å². The van der Waals surface area contributed by atoms with Crippen molar-refractivity contribution >= 4 is 21.9 Å². The molecule has 1 heterocycles. The molecule has 0 saturated heterocycles. The summed E-state index contributed by atoms with van der Waals surface area (Å²) in [4.78, 5) is 24.5. The van der Waals surface area contributed by atoms with Crippen LogP contribution >= 0.6 is 15.9 Å². The number of H-pyrrole nitrogens is 1. The molecule has 4 nitrogen and oxygen atoms in total. The summed E-state index contributed by atoms with van der Waals surface area (Å²) in [7, 11) is 0. The van der Waals surface area contributed by atoms with Gasteiger partial charge in [-0.3, -0.25) is 4.79 Å². The van der Waals surface area contributed by atoms with Crippen LogP contribution in [0.25, 0.3) is 11.3 Å². The average Bonchev–Trinajstić information content (AvgIpc) is 2.31. The molecule has 0 radical (unpaired) electrons. The molecule has 6 heteroatoms. The number of benzene rings is 1. The van der Waals surface area contributed by atoms with E-state index in [2.05, 4.69) is 20.9 Å². The van der Waals surface area contributed by atoms with Gasteiger partial charge in [-0.25, -0.2) is 9.18 Å². The molecule has 1 aromatic carbocycles. The van der Waals surface area contributed by atoms with Crippen molar-refractivity contribution in [2.24, 2.45) is 0 Å². The number of rotatable bonds is 2. The smallest absolute Gasteiger partial charge is 0.341 e. The van der Waals surface area contributed by atoms with Crippen LogP contribution in [0.4, 0.5) is 4.39 Å². The van der Waals surface area contributed by atoms with E-state index < -0.39 is 17.3 Å². The lowest BCUT2D eigenvalue weighted by atomic mass is 10.1. The first-order valence-corrected chi connectivity index (χ1v) is 5.70. The predicted octanol–water partition coefficient (Wildman–Crippen LogP) is 2.64. The SMILES string of the molecule is O=C(O)c1ccc(-c2cc(Br)ccc2F)[nH]c1=O. The monoisotopic (exact) mass is 311 g/mol. The first-order valence-electron chi connectivity index (χ1n) is 4.91. The summed E-state index contributed by atoms with van der Waals surface area (Å²) in [5.74, 6) is -1.82. The quantitative estimate of drug-likeness (QED) is 0.895. The van der Waals surface area contributed by atoms with Gasteiger partial charge in [-0.1, -0.05) is 15.9 Å². The van der Waals surface area contributed by atoms with Gasteiger partial charge in [0.1, 0.15) is 11.4 Å². The van der Waals surface area contributed by atoms with Crippen molar-refractivity contribution in [1.82, 2.24) is 4.98 Å². The second kappa shape index (κ2) is 4.73. The highest BCUT2D eigenvalue weighted by molar-refractivity contribution is 9.10. The minimum absolute atomic E-state index is 0.193. The first kappa shape index (κ1) is 12.5. The van der Waals surface area contributed by atoms with E-state index in [1.54, 1.807) is 0 Å². The molecule has 0 fully saturated rings. The fourth-order valence-electron chi connectivity index (χ4n) is 1.50. The van der Waals surface area contributed by atoms with E-state index in [1.807, 2.05) is 0 Å². The molecule has 0 spiro atoms. The number of hydrogen-bond donors (Lipinski definition) is 2. The van der Waals surface area contributed by atoms with Crippen molar-refractivity contribution in [3.05, 3.63) is 56.5 Å². The normalized spacial score (nSPS) is 10.3. The molecule has 0 saturated carbocycles. The Bertz CT molecular complexity index is 681. The zero-order valence-corrected chi connectivity index (χ0v) is 10.5. The fourth-order valence-corrected chi connectivity index (χ4v) is 1.86. The standard InChI is InChI=1S/C12H7BrFNO3/c13-6-1-3-9(14)8(5-6)10-4-2-7(12(17)18)11(16)15-10/h1-5H,(H,15,16)(H,17,18). The van der Waals surface area contributed by atoms with Crippen LogP contribution < -0.4 is 5.56 Å². The second-order valence-corrected chi connectivity index (χ2v) is 4.46. The molecule has 2 N–H and O–H groups in total. The van der Waals surface area contributed by atoms with E-state index >= 15 is 0 Å². The fraction of sp³-hybridized carbons (Fsp3) is 0. The third-order valence-electron chi connectivity index (χ3n) is 2.36. The first-order chi connectivity index (χ1) is 8.49. The Balaban J connectivity index is 2.59. The zero-order chi connectivity index (χ0) is 13.3. The Labute approximate surface area is 109 Å². The molecular weight excluding hydrogens is 305 g/mol. The van der Waals surface area contributed by atoms with E-state index in [1.165, 1.54) is 24.3 Å². The third kappa shape index (κ3) is 2.33.